The van der Waals surface area contributed by atoms with Crippen LogP contribution in [0.1, 0.15) is 51.0 Å². The second-order valence-corrected chi connectivity index (χ2v) is 11.0. The van der Waals surface area contributed by atoms with Gasteiger partial charge in [0.2, 0.25) is 0 Å². The number of nitrogens with one attached hydrogen (secondary N) is 1. The minimum atomic E-state index is -1.17. The highest BCUT2D eigenvalue weighted by molar-refractivity contribution is 6.31. The van der Waals surface area contributed by atoms with Crippen LogP contribution < -0.4 is 14.8 Å². The first-order valence-corrected chi connectivity index (χ1v) is 12.4. The molecule has 2 bridgehead atoms. The van der Waals surface area contributed by atoms with Gasteiger partial charge >= 0.3 is 0 Å². The molecule has 1 aliphatic heterocycles. The number of fused-ring (bicyclic) bond motifs is 1. The molecule has 3 aliphatic carbocycles. The molecule has 2 atom stereocenters. The number of amides is 1. The lowest BCUT2D eigenvalue weighted by atomic mass is 9.38. The first-order chi connectivity index (χ1) is 16.5. The van der Waals surface area contributed by atoms with Crippen LogP contribution in [0, 0.1) is 11.2 Å². The van der Waals surface area contributed by atoms with Gasteiger partial charge < -0.3 is 19.9 Å². The van der Waals surface area contributed by atoms with E-state index in [-0.39, 0.29) is 46.4 Å². The highest BCUT2D eigenvalue weighted by Crippen LogP contribution is 2.69. The average Bonchev–Trinajstić information content (AvgIpc) is 2.78. The van der Waals surface area contributed by atoms with Gasteiger partial charge in [-0.2, -0.15) is 0 Å². The number of carbonyl (C=O) groups excluding carboxylic acids is 2. The first kappa shape index (κ1) is 24.3. The number of halogens is 3. The van der Waals surface area contributed by atoms with E-state index in [1.807, 2.05) is 6.92 Å². The standard InChI is InChI=1S/C26H26Cl2FNO5/c1-2-26(33)10-22(35-21-6-3-15(27)7-17(21)26)20(31)9-24-12-25(13-24,14-24)30-23(32)11-34-16-4-5-18(28)19(29)8-16/h3-8,22,33H,2,9-14H2,1H3,(H,30,32). The van der Waals surface area contributed by atoms with E-state index in [1.54, 1.807) is 18.2 Å². The lowest BCUT2D eigenvalue weighted by Crippen LogP contribution is -2.75. The number of Topliss-reactive ketones (excluding diaryl/α,β-unsaturated/α-hetero) is 1. The number of ether oxygens (including phenoxy) is 2. The summed E-state index contributed by atoms with van der Waals surface area (Å²) in [6, 6.07) is 9.09. The van der Waals surface area contributed by atoms with Crippen LogP contribution in [0.2, 0.25) is 10.0 Å². The predicted octanol–water partition coefficient (Wildman–Crippen LogP) is 4.96. The van der Waals surface area contributed by atoms with Crippen molar-refractivity contribution in [2.45, 2.75) is 62.7 Å². The Balaban J connectivity index is 1.13. The van der Waals surface area contributed by atoms with E-state index >= 15 is 0 Å². The summed E-state index contributed by atoms with van der Waals surface area (Å²) >= 11 is 11.8. The number of rotatable bonds is 8. The minimum absolute atomic E-state index is 0.0119. The summed E-state index contributed by atoms with van der Waals surface area (Å²) < 4.78 is 24.8. The molecule has 3 fully saturated rings. The van der Waals surface area contributed by atoms with Crippen molar-refractivity contribution in [3.05, 3.63) is 57.8 Å². The van der Waals surface area contributed by atoms with Gasteiger partial charge in [-0.15, -0.1) is 0 Å². The van der Waals surface area contributed by atoms with Gasteiger partial charge in [0.05, 0.1) is 10.6 Å². The number of benzene rings is 2. The van der Waals surface area contributed by atoms with Gasteiger partial charge in [0.1, 0.15) is 17.3 Å². The maximum Gasteiger partial charge on any atom is 0.258 e. The molecule has 1 heterocycles. The van der Waals surface area contributed by atoms with Gasteiger partial charge in [0.25, 0.3) is 5.91 Å². The summed E-state index contributed by atoms with van der Waals surface area (Å²) in [5, 5.41) is 14.7. The molecule has 2 aromatic rings. The first-order valence-electron chi connectivity index (χ1n) is 11.7. The van der Waals surface area contributed by atoms with Crippen molar-refractivity contribution in [1.29, 1.82) is 0 Å². The molecule has 0 spiro atoms. The molecule has 0 radical (unpaired) electrons. The molecule has 2 aromatic carbocycles. The number of ketones is 1. The fraction of sp³-hybridized carbons (Fsp3) is 0.462. The molecular weight excluding hydrogens is 496 g/mol. The van der Waals surface area contributed by atoms with Gasteiger partial charge in [-0.3, -0.25) is 9.59 Å². The molecule has 0 aromatic heterocycles. The molecular formula is C26H26Cl2FNO5. The molecule has 6 rings (SSSR count). The monoisotopic (exact) mass is 521 g/mol. The Labute approximate surface area is 212 Å². The van der Waals surface area contributed by atoms with E-state index in [9.17, 15) is 19.1 Å². The van der Waals surface area contributed by atoms with Crippen LogP contribution in [0.4, 0.5) is 4.39 Å². The molecule has 186 valence electrons. The molecule has 6 nitrogen and oxygen atoms in total. The molecule has 1 amide bonds. The Morgan fingerprint density at radius 2 is 1.94 bits per heavy atom. The van der Waals surface area contributed by atoms with Crippen molar-refractivity contribution in [1.82, 2.24) is 5.32 Å². The van der Waals surface area contributed by atoms with Gasteiger partial charge in [-0.25, -0.2) is 4.39 Å². The van der Waals surface area contributed by atoms with E-state index in [1.165, 1.54) is 12.1 Å². The molecule has 35 heavy (non-hydrogen) atoms. The summed E-state index contributed by atoms with van der Waals surface area (Å²) in [6.45, 7) is 1.64. The van der Waals surface area contributed by atoms with E-state index in [0.29, 0.717) is 48.4 Å². The Morgan fingerprint density at radius 1 is 1.20 bits per heavy atom. The number of hydrogen-bond acceptors (Lipinski definition) is 5. The van der Waals surface area contributed by atoms with Crippen LogP contribution in [-0.4, -0.2) is 35.0 Å². The van der Waals surface area contributed by atoms with Crippen molar-refractivity contribution in [3.63, 3.8) is 0 Å². The van der Waals surface area contributed by atoms with Gasteiger partial charge in [0, 0.05) is 35.0 Å². The second-order valence-electron chi connectivity index (χ2n) is 10.2. The summed E-state index contributed by atoms with van der Waals surface area (Å²) in [5.41, 5.74) is -1.00. The zero-order valence-corrected chi connectivity index (χ0v) is 20.7. The number of carbonyl (C=O) groups is 2. The fourth-order valence-electron chi connectivity index (χ4n) is 5.94. The summed E-state index contributed by atoms with van der Waals surface area (Å²) in [6.07, 6.45) is 2.40. The molecule has 0 saturated heterocycles. The third-order valence-corrected chi connectivity index (χ3v) is 8.08. The van der Waals surface area contributed by atoms with Gasteiger partial charge in [-0.05, 0) is 61.4 Å². The molecule has 4 aliphatic rings. The van der Waals surface area contributed by atoms with Crippen LogP contribution in [0.25, 0.3) is 0 Å². The fourth-order valence-corrected chi connectivity index (χ4v) is 6.23. The largest absolute Gasteiger partial charge is 0.484 e. The van der Waals surface area contributed by atoms with E-state index < -0.39 is 17.5 Å². The van der Waals surface area contributed by atoms with E-state index in [4.69, 9.17) is 32.7 Å². The molecule has 2 unspecified atom stereocenters. The Kier molecular flexibility index (Phi) is 6.01. The zero-order chi connectivity index (χ0) is 25.0. The summed E-state index contributed by atoms with van der Waals surface area (Å²) in [7, 11) is 0. The van der Waals surface area contributed by atoms with Crippen LogP contribution in [0.3, 0.4) is 0 Å². The third kappa shape index (κ3) is 4.50. The molecule has 3 saturated carbocycles. The average molecular weight is 522 g/mol. The Morgan fingerprint density at radius 3 is 2.63 bits per heavy atom. The lowest BCUT2D eigenvalue weighted by Gasteiger charge is -2.70. The van der Waals surface area contributed by atoms with Crippen LogP contribution in [0.5, 0.6) is 11.5 Å². The SMILES string of the molecule is CCC1(O)CC(C(=O)CC23CC(NC(=O)COc4ccc(Cl)c(F)c4)(C2)C3)Oc2ccc(Cl)cc21. The van der Waals surface area contributed by atoms with E-state index in [2.05, 4.69) is 5.32 Å². The van der Waals surface area contributed by atoms with Crippen molar-refractivity contribution in [3.8, 4) is 11.5 Å². The maximum atomic E-state index is 13.5. The zero-order valence-electron chi connectivity index (χ0n) is 19.2. The third-order valence-electron chi connectivity index (χ3n) is 7.53. The second kappa shape index (κ2) is 8.64. The lowest BCUT2D eigenvalue weighted by molar-refractivity contribution is -0.176. The normalized spacial score (nSPS) is 30.3. The predicted molar refractivity (Wildman–Crippen MR) is 128 cm³/mol. The topological polar surface area (TPSA) is 84.9 Å². The summed E-state index contributed by atoms with van der Waals surface area (Å²) in [4.78, 5) is 25.5. The van der Waals surface area contributed by atoms with Crippen molar-refractivity contribution in [2.75, 3.05) is 6.61 Å². The van der Waals surface area contributed by atoms with Gasteiger partial charge in [0.15, 0.2) is 18.5 Å². The Hall–Kier alpha value is -2.35. The highest BCUT2D eigenvalue weighted by atomic mass is 35.5. The quantitative estimate of drug-likeness (QED) is 0.512. The van der Waals surface area contributed by atoms with Crippen molar-refractivity contribution in [2.24, 2.45) is 5.41 Å². The Bertz CT molecular complexity index is 1180. The number of hydrogen-bond donors (Lipinski definition) is 2. The smallest absolute Gasteiger partial charge is 0.258 e. The molecule has 2 N–H and O–H groups in total. The van der Waals surface area contributed by atoms with Crippen LogP contribution in [0.15, 0.2) is 36.4 Å². The van der Waals surface area contributed by atoms with Crippen molar-refractivity contribution < 1.29 is 28.6 Å². The van der Waals surface area contributed by atoms with Crippen molar-refractivity contribution >= 4 is 34.9 Å². The van der Waals surface area contributed by atoms with Gasteiger partial charge in [-0.1, -0.05) is 30.1 Å². The minimum Gasteiger partial charge on any atom is -0.484 e. The molecule has 9 heteroatoms. The van der Waals surface area contributed by atoms with E-state index in [0.717, 1.165) is 6.07 Å². The van der Waals surface area contributed by atoms with Crippen LogP contribution in [-0.2, 0) is 15.2 Å². The summed E-state index contributed by atoms with van der Waals surface area (Å²) in [5.74, 6) is -0.221. The maximum absolute atomic E-state index is 13.5. The highest BCUT2D eigenvalue weighted by Gasteiger charge is 2.69. The van der Waals surface area contributed by atoms with Crippen LogP contribution >= 0.6 is 23.2 Å². The number of aliphatic hydroxyl groups is 1.